The molecule has 1 aromatic rings. The Balaban J connectivity index is 1.33. The second kappa shape index (κ2) is 8.75. The summed E-state index contributed by atoms with van der Waals surface area (Å²) >= 11 is 0. The highest BCUT2D eigenvalue weighted by molar-refractivity contribution is 5.81. The quantitative estimate of drug-likeness (QED) is 0.784. The van der Waals surface area contributed by atoms with Gasteiger partial charge in [0.15, 0.2) is 0 Å². The predicted octanol–water partition coefficient (Wildman–Crippen LogP) is 3.09. The lowest BCUT2D eigenvalue weighted by molar-refractivity contribution is -0.135. The van der Waals surface area contributed by atoms with Crippen LogP contribution in [-0.2, 0) is 22.6 Å². The number of aromatic amines is 1. The molecule has 31 heavy (non-hydrogen) atoms. The molecule has 4 aliphatic rings. The molecular formula is C24H34N4O3. The highest BCUT2D eigenvalue weighted by atomic mass is 16.2. The van der Waals surface area contributed by atoms with Crippen LogP contribution in [0, 0.1) is 11.8 Å². The number of carbonyl (C=O) groups is 2. The fourth-order valence-electron chi connectivity index (χ4n) is 5.68. The molecule has 0 bridgehead atoms. The van der Waals surface area contributed by atoms with Gasteiger partial charge in [-0.3, -0.25) is 14.4 Å². The van der Waals surface area contributed by atoms with Crippen molar-refractivity contribution in [3.8, 4) is 0 Å². The first-order valence-electron chi connectivity index (χ1n) is 12.3. The van der Waals surface area contributed by atoms with Crippen LogP contribution >= 0.6 is 0 Å². The topological polar surface area (TPSA) is 86.4 Å². The SMILES string of the molecule is O=C(C1CC1)N1CCc2c(nc(C3CCCCN3C(=O)CCC3CCCC3)[nH]c2=O)C1. The van der Waals surface area contributed by atoms with Gasteiger partial charge in [0.1, 0.15) is 5.82 Å². The summed E-state index contributed by atoms with van der Waals surface area (Å²) in [4.78, 5) is 50.1. The average molecular weight is 427 g/mol. The molecule has 0 radical (unpaired) electrons. The summed E-state index contributed by atoms with van der Waals surface area (Å²) in [6.45, 7) is 1.76. The number of hydrogen-bond donors (Lipinski definition) is 1. The molecule has 3 fully saturated rings. The number of H-pyrrole nitrogens is 1. The predicted molar refractivity (Wildman–Crippen MR) is 116 cm³/mol. The monoisotopic (exact) mass is 426 g/mol. The third kappa shape index (κ3) is 4.41. The lowest BCUT2D eigenvalue weighted by Crippen LogP contribution is -2.42. The first kappa shape index (κ1) is 20.7. The average Bonchev–Trinajstić information content (AvgIpc) is 3.51. The molecule has 7 heteroatoms. The second-order valence-corrected chi connectivity index (χ2v) is 9.95. The summed E-state index contributed by atoms with van der Waals surface area (Å²) in [5, 5.41) is 0. The minimum Gasteiger partial charge on any atom is -0.336 e. The van der Waals surface area contributed by atoms with Gasteiger partial charge in [-0.25, -0.2) is 4.98 Å². The van der Waals surface area contributed by atoms with Gasteiger partial charge in [0.25, 0.3) is 5.56 Å². The van der Waals surface area contributed by atoms with Crippen LogP contribution in [0.2, 0.25) is 0 Å². The van der Waals surface area contributed by atoms with E-state index in [4.69, 9.17) is 4.98 Å². The van der Waals surface area contributed by atoms with Crippen LogP contribution in [0.4, 0.5) is 0 Å². The summed E-state index contributed by atoms with van der Waals surface area (Å²) in [7, 11) is 0. The number of rotatable bonds is 5. The van der Waals surface area contributed by atoms with Crippen molar-refractivity contribution in [1.82, 2.24) is 19.8 Å². The smallest absolute Gasteiger partial charge is 0.254 e. The molecule has 1 saturated heterocycles. The van der Waals surface area contributed by atoms with Crippen molar-refractivity contribution < 1.29 is 9.59 Å². The number of carbonyl (C=O) groups excluding carboxylic acids is 2. The molecule has 2 aliphatic carbocycles. The van der Waals surface area contributed by atoms with Crippen molar-refractivity contribution in [2.75, 3.05) is 13.1 Å². The van der Waals surface area contributed by atoms with Crippen molar-refractivity contribution in [3.05, 3.63) is 27.4 Å². The van der Waals surface area contributed by atoms with Gasteiger partial charge in [0, 0.05) is 31.0 Å². The zero-order valence-corrected chi connectivity index (χ0v) is 18.4. The van der Waals surface area contributed by atoms with Crippen molar-refractivity contribution >= 4 is 11.8 Å². The van der Waals surface area contributed by atoms with Gasteiger partial charge < -0.3 is 14.8 Å². The van der Waals surface area contributed by atoms with Crippen LogP contribution in [0.1, 0.15) is 93.8 Å². The maximum absolute atomic E-state index is 13.1. The Labute approximate surface area is 183 Å². The van der Waals surface area contributed by atoms with Gasteiger partial charge in [-0.05, 0) is 50.9 Å². The Morgan fingerprint density at radius 2 is 1.77 bits per heavy atom. The molecule has 1 N–H and O–H groups in total. The maximum Gasteiger partial charge on any atom is 0.254 e. The van der Waals surface area contributed by atoms with E-state index in [9.17, 15) is 14.4 Å². The summed E-state index contributed by atoms with van der Waals surface area (Å²) < 4.78 is 0. The number of nitrogens with zero attached hydrogens (tertiary/aromatic N) is 3. The Morgan fingerprint density at radius 3 is 2.55 bits per heavy atom. The fourth-order valence-corrected chi connectivity index (χ4v) is 5.68. The molecule has 2 amide bonds. The summed E-state index contributed by atoms with van der Waals surface area (Å²) in [6.07, 6.45) is 12.1. The molecule has 2 aliphatic heterocycles. The molecule has 1 unspecified atom stereocenters. The Morgan fingerprint density at radius 1 is 1.00 bits per heavy atom. The minimum atomic E-state index is -0.155. The largest absolute Gasteiger partial charge is 0.336 e. The third-order valence-electron chi connectivity index (χ3n) is 7.71. The minimum absolute atomic E-state index is 0.0950. The summed E-state index contributed by atoms with van der Waals surface area (Å²) in [5.41, 5.74) is 1.34. The van der Waals surface area contributed by atoms with Gasteiger partial charge >= 0.3 is 0 Å². The van der Waals surface area contributed by atoms with E-state index in [-0.39, 0.29) is 29.3 Å². The Bertz CT molecular complexity index is 901. The van der Waals surface area contributed by atoms with Gasteiger partial charge in [-0.15, -0.1) is 0 Å². The van der Waals surface area contributed by atoms with Crippen molar-refractivity contribution in [1.29, 1.82) is 0 Å². The normalized spacial score (nSPS) is 24.3. The number of amides is 2. The van der Waals surface area contributed by atoms with E-state index < -0.39 is 0 Å². The number of likely N-dealkylation sites (tertiary alicyclic amines) is 1. The standard InChI is InChI=1S/C24H34N4O3/c29-21(11-8-16-5-1-2-6-16)28-13-4-3-7-20(28)22-25-19-15-27(24(31)17-9-10-17)14-12-18(19)23(30)26-22/h16-17,20H,1-15H2,(H,25,26,30). The van der Waals surface area contributed by atoms with Crippen LogP contribution in [-0.4, -0.2) is 44.7 Å². The third-order valence-corrected chi connectivity index (χ3v) is 7.71. The first-order valence-corrected chi connectivity index (χ1v) is 12.3. The van der Waals surface area contributed by atoms with E-state index >= 15 is 0 Å². The molecule has 0 spiro atoms. The number of piperidine rings is 1. The van der Waals surface area contributed by atoms with Crippen molar-refractivity contribution in [2.24, 2.45) is 11.8 Å². The van der Waals surface area contributed by atoms with E-state index in [1.54, 1.807) is 0 Å². The first-order chi connectivity index (χ1) is 15.1. The molecule has 5 rings (SSSR count). The number of fused-ring (bicyclic) bond motifs is 1. The zero-order valence-electron chi connectivity index (χ0n) is 18.4. The number of aromatic nitrogens is 2. The highest BCUT2D eigenvalue weighted by Gasteiger charge is 2.36. The van der Waals surface area contributed by atoms with Crippen LogP contribution in [0.5, 0.6) is 0 Å². The lowest BCUT2D eigenvalue weighted by atomic mass is 9.97. The molecule has 1 aromatic heterocycles. The van der Waals surface area contributed by atoms with Gasteiger partial charge in [-0.1, -0.05) is 25.7 Å². The maximum atomic E-state index is 13.1. The van der Waals surface area contributed by atoms with E-state index in [1.165, 1.54) is 25.7 Å². The number of hydrogen-bond acceptors (Lipinski definition) is 4. The zero-order chi connectivity index (χ0) is 21.4. The molecule has 0 aromatic carbocycles. The van der Waals surface area contributed by atoms with Crippen molar-refractivity contribution in [3.63, 3.8) is 0 Å². The van der Waals surface area contributed by atoms with Crippen LogP contribution in [0.3, 0.4) is 0 Å². The highest BCUT2D eigenvalue weighted by Crippen LogP contribution is 2.34. The van der Waals surface area contributed by atoms with Gasteiger partial charge in [-0.2, -0.15) is 0 Å². The molecule has 7 nitrogen and oxygen atoms in total. The van der Waals surface area contributed by atoms with E-state index in [0.717, 1.165) is 50.8 Å². The van der Waals surface area contributed by atoms with E-state index in [1.807, 2.05) is 9.80 Å². The fraction of sp³-hybridized carbons (Fsp3) is 0.750. The van der Waals surface area contributed by atoms with Gasteiger partial charge in [0.05, 0.1) is 18.3 Å². The van der Waals surface area contributed by atoms with Crippen LogP contribution in [0.15, 0.2) is 4.79 Å². The van der Waals surface area contributed by atoms with Crippen LogP contribution < -0.4 is 5.56 Å². The summed E-state index contributed by atoms with van der Waals surface area (Å²) in [6, 6.07) is -0.155. The lowest BCUT2D eigenvalue weighted by Gasteiger charge is -2.36. The van der Waals surface area contributed by atoms with Crippen LogP contribution in [0.25, 0.3) is 0 Å². The van der Waals surface area contributed by atoms with E-state index in [0.29, 0.717) is 43.2 Å². The molecule has 3 heterocycles. The molecule has 1 atom stereocenters. The van der Waals surface area contributed by atoms with Crippen molar-refractivity contribution in [2.45, 2.75) is 89.6 Å². The molecule has 2 saturated carbocycles. The van der Waals surface area contributed by atoms with E-state index in [2.05, 4.69) is 4.98 Å². The number of nitrogens with one attached hydrogen (secondary N) is 1. The second-order valence-electron chi connectivity index (χ2n) is 9.95. The molecule has 168 valence electrons. The molecular weight excluding hydrogens is 392 g/mol. The Kier molecular flexibility index (Phi) is 5.85. The Hall–Kier alpha value is -2.18. The summed E-state index contributed by atoms with van der Waals surface area (Å²) in [5.74, 6) is 1.88. The van der Waals surface area contributed by atoms with Gasteiger partial charge in [0.2, 0.25) is 11.8 Å².